The molecule has 2 aromatic carbocycles. The second kappa shape index (κ2) is 7.50. The van der Waals surface area contributed by atoms with Crippen LogP contribution < -0.4 is 14.4 Å². The first-order chi connectivity index (χ1) is 14.7. The van der Waals surface area contributed by atoms with Gasteiger partial charge < -0.3 is 14.2 Å². The Morgan fingerprint density at radius 2 is 1.87 bits per heavy atom. The predicted octanol–water partition coefficient (Wildman–Crippen LogP) is 4.31. The Bertz CT molecular complexity index is 1150. The number of benzene rings is 2. The number of anilines is 1. The average molecular weight is 431 g/mol. The molecule has 0 fully saturated rings. The molecule has 0 aromatic heterocycles. The third kappa shape index (κ3) is 3.63. The van der Waals surface area contributed by atoms with Gasteiger partial charge in [0.2, 0.25) is 6.79 Å². The Kier molecular flexibility index (Phi) is 4.96. The van der Waals surface area contributed by atoms with Crippen molar-refractivity contribution in [3.8, 4) is 11.5 Å². The number of halogens is 3. The van der Waals surface area contributed by atoms with Crippen LogP contribution in [0.3, 0.4) is 0 Å². The minimum Gasteiger partial charge on any atom is -0.465 e. The maximum Gasteiger partial charge on any atom is 0.416 e. The minimum atomic E-state index is -4.58. The molecule has 160 valence electrons. The van der Waals surface area contributed by atoms with Gasteiger partial charge in [0.1, 0.15) is 0 Å². The largest absolute Gasteiger partial charge is 0.465 e. The fraction of sp³-hybridized carbons (Fsp3) is 0.182. The first-order valence-corrected chi connectivity index (χ1v) is 9.13. The lowest BCUT2D eigenvalue weighted by Gasteiger charge is -2.19. The number of methoxy groups -OCH3 is 1. The molecule has 0 saturated carbocycles. The second-order valence-corrected chi connectivity index (χ2v) is 6.81. The topological polar surface area (TPSA) is 65.1 Å². The van der Waals surface area contributed by atoms with E-state index in [4.69, 9.17) is 14.2 Å². The highest BCUT2D eigenvalue weighted by molar-refractivity contribution is 6.23. The zero-order valence-corrected chi connectivity index (χ0v) is 16.4. The number of amides is 1. The average Bonchev–Trinajstić information content (AvgIpc) is 3.29. The molecule has 0 spiro atoms. The molecular formula is C22H16F3NO5. The number of carbonyl (C=O) groups is 2. The van der Waals surface area contributed by atoms with Crippen molar-refractivity contribution < 1.29 is 37.0 Å². The van der Waals surface area contributed by atoms with E-state index in [0.29, 0.717) is 17.1 Å². The van der Waals surface area contributed by atoms with Gasteiger partial charge >= 0.3 is 12.1 Å². The number of ether oxygens (including phenoxy) is 3. The molecule has 9 heteroatoms. The number of allylic oxidation sites excluding steroid dienone is 1. The lowest BCUT2D eigenvalue weighted by molar-refractivity contribution is -0.137. The zero-order valence-electron chi connectivity index (χ0n) is 16.4. The van der Waals surface area contributed by atoms with Crippen LogP contribution in [0.1, 0.15) is 18.1 Å². The Morgan fingerprint density at radius 3 is 2.58 bits per heavy atom. The first kappa shape index (κ1) is 20.5. The van der Waals surface area contributed by atoms with Crippen molar-refractivity contribution in [2.75, 3.05) is 18.8 Å². The van der Waals surface area contributed by atoms with E-state index in [0.717, 1.165) is 24.1 Å². The molecule has 0 unspecified atom stereocenters. The summed E-state index contributed by atoms with van der Waals surface area (Å²) in [5.41, 5.74) is -0.217. The van der Waals surface area contributed by atoms with Crippen molar-refractivity contribution in [3.63, 3.8) is 0 Å². The summed E-state index contributed by atoms with van der Waals surface area (Å²) in [5, 5.41) is 0. The van der Waals surface area contributed by atoms with E-state index >= 15 is 0 Å². The van der Waals surface area contributed by atoms with Gasteiger partial charge in [-0.25, -0.2) is 4.79 Å². The quantitative estimate of drug-likeness (QED) is 0.535. The van der Waals surface area contributed by atoms with Crippen LogP contribution in [0.2, 0.25) is 0 Å². The van der Waals surface area contributed by atoms with Gasteiger partial charge in [-0.15, -0.1) is 0 Å². The summed E-state index contributed by atoms with van der Waals surface area (Å²) >= 11 is 0. The molecule has 6 nitrogen and oxygen atoms in total. The molecule has 2 aliphatic heterocycles. The van der Waals surface area contributed by atoms with Crippen LogP contribution in [0.25, 0.3) is 6.08 Å². The van der Waals surface area contributed by atoms with Gasteiger partial charge in [-0.2, -0.15) is 13.2 Å². The minimum absolute atomic E-state index is 0.000581. The zero-order chi connectivity index (χ0) is 22.3. The number of alkyl halides is 3. The van der Waals surface area contributed by atoms with Gasteiger partial charge in [0.05, 0.1) is 23.8 Å². The summed E-state index contributed by atoms with van der Waals surface area (Å²) in [5.74, 6) is -0.387. The molecule has 31 heavy (non-hydrogen) atoms. The summed E-state index contributed by atoms with van der Waals surface area (Å²) in [6.07, 6.45) is -3.11. The smallest absolute Gasteiger partial charge is 0.416 e. The highest BCUT2D eigenvalue weighted by Gasteiger charge is 2.39. The molecule has 0 aliphatic carbocycles. The number of esters is 1. The van der Waals surface area contributed by atoms with Gasteiger partial charge in [0.25, 0.3) is 5.91 Å². The fourth-order valence-corrected chi connectivity index (χ4v) is 3.48. The van der Waals surface area contributed by atoms with E-state index in [2.05, 4.69) is 0 Å². The van der Waals surface area contributed by atoms with E-state index in [1.165, 1.54) is 25.1 Å². The molecule has 0 saturated heterocycles. The van der Waals surface area contributed by atoms with Crippen molar-refractivity contribution in [1.29, 1.82) is 0 Å². The Morgan fingerprint density at radius 1 is 1.13 bits per heavy atom. The Hall–Kier alpha value is -3.75. The number of carbonyl (C=O) groups excluding carboxylic acids is 2. The molecule has 0 radical (unpaired) electrons. The summed E-state index contributed by atoms with van der Waals surface area (Å²) < 4.78 is 54.9. The van der Waals surface area contributed by atoms with E-state index in [1.54, 1.807) is 18.2 Å². The SMILES string of the molecule is COC(=O)C1=C(C)N(c2cccc(C(F)(F)F)c2)C(=O)C1=Cc1ccc2c(c1)OCO2. The van der Waals surface area contributed by atoms with Crippen LogP contribution in [-0.4, -0.2) is 25.8 Å². The van der Waals surface area contributed by atoms with Crippen LogP contribution in [0.15, 0.2) is 59.3 Å². The predicted molar refractivity (Wildman–Crippen MR) is 104 cm³/mol. The number of fused-ring (bicyclic) bond motifs is 1. The first-order valence-electron chi connectivity index (χ1n) is 9.13. The van der Waals surface area contributed by atoms with E-state index in [-0.39, 0.29) is 29.3 Å². The summed E-state index contributed by atoms with van der Waals surface area (Å²) in [4.78, 5) is 26.7. The van der Waals surface area contributed by atoms with E-state index in [9.17, 15) is 22.8 Å². The highest BCUT2D eigenvalue weighted by Crippen LogP contribution is 2.39. The molecule has 0 atom stereocenters. The van der Waals surface area contributed by atoms with E-state index < -0.39 is 23.6 Å². The molecule has 2 aromatic rings. The lowest BCUT2D eigenvalue weighted by atomic mass is 10.0. The summed E-state index contributed by atoms with van der Waals surface area (Å²) in [7, 11) is 1.16. The van der Waals surface area contributed by atoms with Gasteiger partial charge in [0, 0.05) is 11.4 Å². The van der Waals surface area contributed by atoms with Crippen molar-refractivity contribution in [3.05, 3.63) is 70.4 Å². The molecular weight excluding hydrogens is 415 g/mol. The molecule has 0 bridgehead atoms. The maximum absolute atomic E-state index is 13.2. The van der Waals surface area contributed by atoms with Gasteiger partial charge in [-0.1, -0.05) is 12.1 Å². The Labute approximate surface area is 175 Å². The maximum atomic E-state index is 13.2. The fourth-order valence-electron chi connectivity index (χ4n) is 3.48. The monoisotopic (exact) mass is 431 g/mol. The molecule has 2 heterocycles. The van der Waals surface area contributed by atoms with Crippen LogP contribution in [-0.2, 0) is 20.5 Å². The number of hydrogen-bond acceptors (Lipinski definition) is 5. The van der Waals surface area contributed by atoms with Gasteiger partial charge in [0.15, 0.2) is 11.5 Å². The standard InChI is InChI=1S/C22H16F3NO5/c1-12-19(21(28)29-2)16(8-13-6-7-17-18(9-13)31-11-30-17)20(27)26(12)15-5-3-4-14(10-15)22(23,24)25/h3-10H,11H2,1-2H3. The van der Waals surface area contributed by atoms with Crippen molar-refractivity contribution >= 4 is 23.6 Å². The molecule has 1 amide bonds. The van der Waals surface area contributed by atoms with Crippen molar-refractivity contribution in [2.45, 2.75) is 13.1 Å². The van der Waals surface area contributed by atoms with Gasteiger partial charge in [-0.05, 0) is 48.9 Å². The normalized spacial score (nSPS) is 17.0. The van der Waals surface area contributed by atoms with Crippen LogP contribution in [0.4, 0.5) is 18.9 Å². The number of nitrogens with zero attached hydrogens (tertiary/aromatic N) is 1. The number of hydrogen-bond donors (Lipinski definition) is 0. The van der Waals surface area contributed by atoms with Crippen molar-refractivity contribution in [2.24, 2.45) is 0 Å². The molecule has 4 rings (SSSR count). The Balaban J connectivity index is 1.81. The van der Waals surface area contributed by atoms with Gasteiger partial charge in [-0.3, -0.25) is 9.69 Å². The third-order valence-electron chi connectivity index (χ3n) is 4.93. The summed E-state index contributed by atoms with van der Waals surface area (Å²) in [6, 6.07) is 9.32. The van der Waals surface area contributed by atoms with Crippen molar-refractivity contribution in [1.82, 2.24) is 0 Å². The molecule has 2 aliphatic rings. The number of rotatable bonds is 3. The lowest BCUT2D eigenvalue weighted by Crippen LogP contribution is -2.24. The molecule has 0 N–H and O–H groups in total. The summed E-state index contributed by atoms with van der Waals surface area (Å²) in [6.45, 7) is 1.55. The van der Waals surface area contributed by atoms with E-state index in [1.807, 2.05) is 0 Å². The van der Waals surface area contributed by atoms with Crippen LogP contribution in [0, 0.1) is 0 Å². The second-order valence-electron chi connectivity index (χ2n) is 6.81. The van der Waals surface area contributed by atoms with Crippen LogP contribution in [0.5, 0.6) is 11.5 Å². The highest BCUT2D eigenvalue weighted by atomic mass is 19.4. The van der Waals surface area contributed by atoms with Crippen LogP contribution >= 0.6 is 0 Å². The third-order valence-corrected chi connectivity index (χ3v) is 4.93.